The molecule has 0 bridgehead atoms. The van der Waals surface area contributed by atoms with E-state index in [1.807, 2.05) is 4.90 Å². The third kappa shape index (κ3) is 4.20. The lowest BCUT2D eigenvalue weighted by molar-refractivity contribution is -0.132. The van der Waals surface area contributed by atoms with Crippen LogP contribution in [0.15, 0.2) is 46.0 Å². The van der Waals surface area contributed by atoms with Crippen LogP contribution < -0.4 is 10.7 Å². The monoisotopic (exact) mass is 426 g/mol. The molecule has 3 heterocycles. The number of hydrogen-bond donors (Lipinski definition) is 0. The van der Waals surface area contributed by atoms with Gasteiger partial charge in [-0.05, 0) is 31.2 Å². The van der Waals surface area contributed by atoms with Gasteiger partial charge in [-0.25, -0.2) is 23.7 Å². The van der Waals surface area contributed by atoms with E-state index in [4.69, 9.17) is 0 Å². The molecule has 0 N–H and O–H groups in total. The number of halogens is 1. The highest BCUT2D eigenvalue weighted by Crippen LogP contribution is 2.22. The number of hydrogen-bond acceptors (Lipinski definition) is 8. The first kappa shape index (κ1) is 20.4. The second-order valence-corrected chi connectivity index (χ2v) is 7.02. The maximum Gasteiger partial charge on any atom is 0.442 e. The smallest absolute Gasteiger partial charge is 0.366 e. The largest absolute Gasteiger partial charge is 0.442 e. The fourth-order valence-corrected chi connectivity index (χ4v) is 3.40. The predicted octanol–water partition coefficient (Wildman–Crippen LogP) is 0.984. The van der Waals surface area contributed by atoms with Gasteiger partial charge in [-0.3, -0.25) is 14.1 Å². The number of aromatic nitrogens is 4. The van der Waals surface area contributed by atoms with Crippen LogP contribution in [0.1, 0.15) is 17.3 Å². The molecule has 4 rings (SSSR count). The van der Waals surface area contributed by atoms with Gasteiger partial charge < -0.3 is 9.80 Å². The maximum absolute atomic E-state index is 14.4. The van der Waals surface area contributed by atoms with Crippen LogP contribution in [-0.2, 0) is 11.3 Å². The van der Waals surface area contributed by atoms with E-state index in [1.54, 1.807) is 23.1 Å². The van der Waals surface area contributed by atoms with Crippen LogP contribution >= 0.6 is 0 Å². The van der Waals surface area contributed by atoms with Gasteiger partial charge in [-0.2, -0.15) is 0 Å². The van der Waals surface area contributed by atoms with Gasteiger partial charge in [0.05, 0.1) is 5.69 Å². The van der Waals surface area contributed by atoms with E-state index in [0.717, 1.165) is 4.57 Å². The number of benzene rings is 1. The topological polar surface area (TPSA) is 114 Å². The number of Topliss-reactive ketones (excluding diaryl/α,β-unsaturated/α-hetero) is 1. The van der Waals surface area contributed by atoms with Crippen molar-refractivity contribution in [3.63, 3.8) is 0 Å². The van der Waals surface area contributed by atoms with Crippen molar-refractivity contribution in [1.82, 2.24) is 24.6 Å². The molecule has 2 aromatic heterocycles. The Bertz CT molecular complexity index is 1170. The van der Waals surface area contributed by atoms with Crippen molar-refractivity contribution in [2.24, 2.45) is 0 Å². The Labute approximate surface area is 175 Å². The zero-order chi connectivity index (χ0) is 22.0. The third-order valence-electron chi connectivity index (χ3n) is 5.07. The Kier molecular flexibility index (Phi) is 5.56. The number of rotatable bonds is 5. The maximum atomic E-state index is 14.4. The predicted molar refractivity (Wildman–Crippen MR) is 107 cm³/mol. The third-order valence-corrected chi connectivity index (χ3v) is 5.07. The molecular weight excluding hydrogens is 407 g/mol. The summed E-state index contributed by atoms with van der Waals surface area (Å²) in [5.74, 6) is -1.50. The van der Waals surface area contributed by atoms with Gasteiger partial charge in [0.2, 0.25) is 11.7 Å². The average molecular weight is 426 g/mol. The highest BCUT2D eigenvalue weighted by molar-refractivity contribution is 5.94. The molecule has 1 aromatic carbocycles. The van der Waals surface area contributed by atoms with Gasteiger partial charge in [0.25, 0.3) is 0 Å². The number of carbonyl (C=O) groups excluding carboxylic acids is 2. The summed E-state index contributed by atoms with van der Waals surface area (Å²) in [6.45, 7) is 2.64. The molecule has 0 radical (unpaired) electrons. The highest BCUT2D eigenvalue weighted by atomic mass is 19.1. The molecule has 0 atom stereocenters. The number of nitrogens with zero attached hydrogens (tertiary/aromatic N) is 6. The molecular formula is C20H19FN6O4. The van der Waals surface area contributed by atoms with Crippen LogP contribution in [0.2, 0.25) is 0 Å². The summed E-state index contributed by atoms with van der Waals surface area (Å²) in [5.41, 5.74) is 0.697. The van der Waals surface area contributed by atoms with Gasteiger partial charge >= 0.3 is 5.76 Å². The Morgan fingerprint density at radius 3 is 2.48 bits per heavy atom. The van der Waals surface area contributed by atoms with Crippen LogP contribution in [0.5, 0.6) is 0 Å². The van der Waals surface area contributed by atoms with Crippen molar-refractivity contribution in [2.45, 2.75) is 13.5 Å². The zero-order valence-corrected chi connectivity index (χ0v) is 16.7. The van der Waals surface area contributed by atoms with E-state index in [9.17, 15) is 18.8 Å². The zero-order valence-electron chi connectivity index (χ0n) is 16.7. The lowest BCUT2D eigenvalue weighted by atomic mass is 10.1. The number of anilines is 1. The molecule has 1 fully saturated rings. The first-order valence-electron chi connectivity index (χ1n) is 9.61. The van der Waals surface area contributed by atoms with Crippen molar-refractivity contribution in [2.75, 3.05) is 31.1 Å². The average Bonchev–Trinajstić information content (AvgIpc) is 3.14. The SMILES string of the molecule is CC(=O)c1ccc(N2CCN(C(=O)Cn3c(-c4ncccn4)noc3=O)CC2)c(F)c1. The fraction of sp³-hybridized carbons (Fsp3) is 0.300. The second-order valence-electron chi connectivity index (χ2n) is 7.02. The minimum atomic E-state index is -0.776. The molecule has 1 aliphatic heterocycles. The standard InChI is InChI=1S/C20H19FN6O4/c1-13(28)14-3-4-16(15(21)11-14)25-7-9-26(10-8-25)17(29)12-27-19(24-31-20(27)30)18-22-5-2-6-23-18/h2-6,11H,7-10,12H2,1H3. The normalized spacial score (nSPS) is 14.0. The molecule has 0 saturated carbocycles. The Morgan fingerprint density at radius 2 is 1.84 bits per heavy atom. The fourth-order valence-electron chi connectivity index (χ4n) is 3.40. The Balaban J connectivity index is 1.43. The lowest BCUT2D eigenvalue weighted by Crippen LogP contribution is -2.50. The van der Waals surface area contributed by atoms with E-state index >= 15 is 0 Å². The molecule has 1 aliphatic rings. The molecule has 1 saturated heterocycles. The van der Waals surface area contributed by atoms with Crippen molar-refractivity contribution in [3.05, 3.63) is 58.6 Å². The summed E-state index contributed by atoms with van der Waals surface area (Å²) < 4.78 is 20.2. The van der Waals surface area contributed by atoms with Crippen LogP contribution in [0.4, 0.5) is 10.1 Å². The van der Waals surface area contributed by atoms with E-state index in [2.05, 4.69) is 19.6 Å². The second kappa shape index (κ2) is 8.46. The summed E-state index contributed by atoms with van der Waals surface area (Å²) in [6, 6.07) is 6.00. The molecule has 160 valence electrons. The van der Waals surface area contributed by atoms with Crippen LogP contribution in [0.3, 0.4) is 0 Å². The number of ketones is 1. The molecule has 11 heteroatoms. The summed E-state index contributed by atoms with van der Waals surface area (Å²) in [4.78, 5) is 47.6. The highest BCUT2D eigenvalue weighted by Gasteiger charge is 2.25. The number of amides is 1. The van der Waals surface area contributed by atoms with Crippen molar-refractivity contribution < 1.29 is 18.5 Å². The van der Waals surface area contributed by atoms with E-state index in [-0.39, 0.29) is 29.9 Å². The minimum absolute atomic E-state index is 0.0743. The summed E-state index contributed by atoms with van der Waals surface area (Å²) >= 11 is 0. The Hall–Kier alpha value is -3.89. The number of piperazine rings is 1. The van der Waals surface area contributed by atoms with Gasteiger partial charge in [0.1, 0.15) is 12.4 Å². The minimum Gasteiger partial charge on any atom is -0.366 e. The van der Waals surface area contributed by atoms with Crippen LogP contribution in [0, 0.1) is 5.82 Å². The van der Waals surface area contributed by atoms with Crippen LogP contribution in [-0.4, -0.2) is 62.5 Å². The molecule has 0 spiro atoms. The Morgan fingerprint density at radius 1 is 1.13 bits per heavy atom. The number of carbonyl (C=O) groups is 2. The molecule has 3 aromatic rings. The summed E-state index contributed by atoms with van der Waals surface area (Å²) in [7, 11) is 0. The molecule has 0 unspecified atom stereocenters. The molecule has 0 aliphatic carbocycles. The van der Waals surface area contributed by atoms with Crippen molar-refractivity contribution in [1.29, 1.82) is 0 Å². The quantitative estimate of drug-likeness (QED) is 0.555. The van der Waals surface area contributed by atoms with Crippen LogP contribution in [0.25, 0.3) is 11.6 Å². The van der Waals surface area contributed by atoms with E-state index in [1.165, 1.54) is 25.4 Å². The van der Waals surface area contributed by atoms with Gasteiger partial charge in [0, 0.05) is 44.1 Å². The lowest BCUT2D eigenvalue weighted by Gasteiger charge is -2.36. The van der Waals surface area contributed by atoms with E-state index < -0.39 is 11.6 Å². The first-order chi connectivity index (χ1) is 14.9. The first-order valence-corrected chi connectivity index (χ1v) is 9.61. The summed E-state index contributed by atoms with van der Waals surface area (Å²) in [6.07, 6.45) is 2.99. The van der Waals surface area contributed by atoms with Gasteiger partial charge in [-0.15, -0.1) is 0 Å². The van der Waals surface area contributed by atoms with Gasteiger partial charge in [-0.1, -0.05) is 5.16 Å². The molecule has 31 heavy (non-hydrogen) atoms. The van der Waals surface area contributed by atoms with Crippen molar-refractivity contribution >= 4 is 17.4 Å². The molecule has 1 amide bonds. The summed E-state index contributed by atoms with van der Waals surface area (Å²) in [5, 5.41) is 3.67. The molecule has 10 nitrogen and oxygen atoms in total. The van der Waals surface area contributed by atoms with E-state index in [0.29, 0.717) is 37.4 Å². The van der Waals surface area contributed by atoms with Gasteiger partial charge in [0.15, 0.2) is 11.6 Å². The van der Waals surface area contributed by atoms with Crippen molar-refractivity contribution in [3.8, 4) is 11.6 Å².